The van der Waals surface area contributed by atoms with E-state index in [1.807, 2.05) is 36.9 Å². The van der Waals surface area contributed by atoms with Crippen molar-refractivity contribution in [3.63, 3.8) is 0 Å². The predicted octanol–water partition coefficient (Wildman–Crippen LogP) is 1.68. The van der Waals surface area contributed by atoms with Crippen molar-refractivity contribution in [3.05, 3.63) is 41.5 Å². The summed E-state index contributed by atoms with van der Waals surface area (Å²) in [5, 5.41) is 13.4. The van der Waals surface area contributed by atoms with E-state index in [1.54, 1.807) is 6.20 Å². The molecule has 2 heterocycles. The highest BCUT2D eigenvalue weighted by atomic mass is 16.5. The Labute approximate surface area is 106 Å². The van der Waals surface area contributed by atoms with Crippen molar-refractivity contribution in [2.45, 2.75) is 33.6 Å². The van der Waals surface area contributed by atoms with Crippen LogP contribution in [-0.2, 0) is 19.8 Å². The number of rotatable bonds is 5. The van der Waals surface area contributed by atoms with Crippen molar-refractivity contribution in [2.75, 3.05) is 0 Å². The topological polar surface area (TPSA) is 60.2 Å². The van der Waals surface area contributed by atoms with Crippen LogP contribution in [-0.4, -0.2) is 19.9 Å². The maximum absolute atomic E-state index is 9.22. The van der Waals surface area contributed by atoms with E-state index in [-0.39, 0.29) is 6.61 Å². The monoisotopic (exact) mass is 247 g/mol. The molecule has 0 aliphatic carbocycles. The van der Waals surface area contributed by atoms with E-state index in [4.69, 9.17) is 4.74 Å². The van der Waals surface area contributed by atoms with E-state index in [9.17, 15) is 5.11 Å². The molecule has 0 aromatic carbocycles. The summed E-state index contributed by atoms with van der Waals surface area (Å²) in [7, 11) is 0. The van der Waals surface area contributed by atoms with E-state index in [0.717, 1.165) is 17.8 Å². The fraction of sp³-hybridized carbons (Fsp3) is 0.385. The number of aryl methyl sites for hydroxylation is 2. The minimum Gasteiger partial charge on any atom is -0.487 e. The second-order valence-electron chi connectivity index (χ2n) is 4.05. The van der Waals surface area contributed by atoms with E-state index in [2.05, 4.69) is 10.1 Å². The molecule has 2 rings (SSSR count). The summed E-state index contributed by atoms with van der Waals surface area (Å²) in [6.07, 6.45) is 3.73. The van der Waals surface area contributed by atoms with Gasteiger partial charge in [-0.2, -0.15) is 5.10 Å². The van der Waals surface area contributed by atoms with Gasteiger partial charge in [-0.05, 0) is 26.0 Å². The van der Waals surface area contributed by atoms with E-state index >= 15 is 0 Å². The number of nitrogens with zero attached hydrogens (tertiary/aromatic N) is 3. The van der Waals surface area contributed by atoms with Crippen molar-refractivity contribution in [1.29, 1.82) is 0 Å². The molecule has 0 fully saturated rings. The van der Waals surface area contributed by atoms with Crippen molar-refractivity contribution < 1.29 is 9.84 Å². The third-order valence-electron chi connectivity index (χ3n) is 2.63. The number of hydrogen-bond donors (Lipinski definition) is 1. The summed E-state index contributed by atoms with van der Waals surface area (Å²) < 4.78 is 7.50. The molecular formula is C13H17N3O2. The number of aromatic nitrogens is 3. The van der Waals surface area contributed by atoms with Crippen molar-refractivity contribution in [2.24, 2.45) is 0 Å². The number of aliphatic hydroxyl groups excluding tert-OH is 1. The Hall–Kier alpha value is -1.88. The van der Waals surface area contributed by atoms with Gasteiger partial charge in [0.25, 0.3) is 0 Å². The second kappa shape index (κ2) is 5.64. The molecule has 0 aliphatic heterocycles. The number of aliphatic hydroxyl groups is 1. The highest BCUT2D eigenvalue weighted by Crippen LogP contribution is 2.18. The summed E-state index contributed by atoms with van der Waals surface area (Å²) in [5.41, 5.74) is 2.43. The minimum atomic E-state index is -0.120. The molecule has 0 aliphatic rings. The molecule has 0 saturated heterocycles. The first kappa shape index (κ1) is 12.6. The van der Waals surface area contributed by atoms with Gasteiger partial charge in [-0.15, -0.1) is 0 Å². The molecule has 2 aromatic heterocycles. The van der Waals surface area contributed by atoms with Gasteiger partial charge in [-0.3, -0.25) is 9.67 Å². The maximum atomic E-state index is 9.22. The van der Waals surface area contributed by atoms with Crippen LogP contribution in [0.25, 0.3) is 0 Å². The van der Waals surface area contributed by atoms with Crippen molar-refractivity contribution >= 4 is 0 Å². The van der Waals surface area contributed by atoms with Gasteiger partial charge in [0.2, 0.25) is 0 Å². The first-order chi connectivity index (χ1) is 8.72. The number of ether oxygens (including phenoxy) is 1. The standard InChI is InChI=1S/C13H17N3O2/c1-3-16-7-11(6-14-16)9-18-13-5-4-10(2)15-12(13)8-17/h4-7,17H,3,8-9H2,1-2H3. The molecule has 0 amide bonds. The van der Waals surface area contributed by atoms with Crippen LogP contribution in [0.4, 0.5) is 0 Å². The van der Waals surface area contributed by atoms with Gasteiger partial charge in [0.1, 0.15) is 18.1 Å². The normalized spacial score (nSPS) is 10.6. The van der Waals surface area contributed by atoms with E-state index in [0.29, 0.717) is 18.1 Å². The third-order valence-corrected chi connectivity index (χ3v) is 2.63. The lowest BCUT2D eigenvalue weighted by atomic mass is 10.3. The Morgan fingerprint density at radius 2 is 2.22 bits per heavy atom. The summed E-state index contributed by atoms with van der Waals surface area (Å²) in [6.45, 7) is 5.07. The van der Waals surface area contributed by atoms with Crippen molar-refractivity contribution in [3.8, 4) is 5.75 Å². The zero-order valence-corrected chi connectivity index (χ0v) is 10.6. The quantitative estimate of drug-likeness (QED) is 0.873. The van der Waals surface area contributed by atoms with E-state index < -0.39 is 0 Å². The van der Waals surface area contributed by atoms with Gasteiger partial charge in [0, 0.05) is 24.0 Å². The van der Waals surface area contributed by atoms with Crippen LogP contribution < -0.4 is 4.74 Å². The van der Waals surface area contributed by atoms with Gasteiger partial charge in [0.05, 0.1) is 12.8 Å². The maximum Gasteiger partial charge on any atom is 0.143 e. The summed E-state index contributed by atoms with van der Waals surface area (Å²) in [6, 6.07) is 3.70. The zero-order chi connectivity index (χ0) is 13.0. The van der Waals surface area contributed by atoms with Crippen LogP contribution >= 0.6 is 0 Å². The molecule has 0 saturated carbocycles. The SMILES string of the molecule is CCn1cc(COc2ccc(C)nc2CO)cn1. The van der Waals surface area contributed by atoms with Gasteiger partial charge < -0.3 is 9.84 Å². The average molecular weight is 247 g/mol. The molecule has 0 bridgehead atoms. The Morgan fingerprint density at radius 3 is 2.89 bits per heavy atom. The van der Waals surface area contributed by atoms with Gasteiger partial charge in [-0.1, -0.05) is 0 Å². The molecule has 5 heteroatoms. The lowest BCUT2D eigenvalue weighted by molar-refractivity contribution is 0.253. The Morgan fingerprint density at radius 1 is 1.39 bits per heavy atom. The number of pyridine rings is 1. The Kier molecular flexibility index (Phi) is 3.94. The summed E-state index contributed by atoms with van der Waals surface area (Å²) in [4.78, 5) is 4.23. The molecule has 0 atom stereocenters. The van der Waals surface area contributed by atoms with Crippen molar-refractivity contribution in [1.82, 2.24) is 14.8 Å². The van der Waals surface area contributed by atoms with Crippen LogP contribution in [0.2, 0.25) is 0 Å². The predicted molar refractivity (Wildman–Crippen MR) is 67.1 cm³/mol. The molecular weight excluding hydrogens is 230 g/mol. The van der Waals surface area contributed by atoms with Crippen LogP contribution in [0.3, 0.4) is 0 Å². The van der Waals surface area contributed by atoms with Gasteiger partial charge in [0.15, 0.2) is 0 Å². The molecule has 5 nitrogen and oxygen atoms in total. The Bertz CT molecular complexity index is 523. The van der Waals surface area contributed by atoms with Gasteiger partial charge in [-0.25, -0.2) is 0 Å². The number of hydrogen-bond acceptors (Lipinski definition) is 4. The third kappa shape index (κ3) is 2.87. The van der Waals surface area contributed by atoms with Crippen LogP contribution in [0, 0.1) is 6.92 Å². The second-order valence-corrected chi connectivity index (χ2v) is 4.05. The largest absolute Gasteiger partial charge is 0.487 e. The van der Waals surface area contributed by atoms with Crippen LogP contribution in [0.1, 0.15) is 23.9 Å². The lowest BCUT2D eigenvalue weighted by Crippen LogP contribution is -2.01. The molecule has 1 N–H and O–H groups in total. The highest BCUT2D eigenvalue weighted by molar-refractivity contribution is 5.29. The smallest absolute Gasteiger partial charge is 0.143 e. The first-order valence-corrected chi connectivity index (χ1v) is 5.94. The van der Waals surface area contributed by atoms with Gasteiger partial charge >= 0.3 is 0 Å². The first-order valence-electron chi connectivity index (χ1n) is 5.94. The molecule has 0 spiro atoms. The summed E-state index contributed by atoms with van der Waals surface area (Å²) in [5.74, 6) is 0.618. The molecule has 96 valence electrons. The molecule has 2 aromatic rings. The molecule has 0 radical (unpaired) electrons. The molecule has 0 unspecified atom stereocenters. The lowest BCUT2D eigenvalue weighted by Gasteiger charge is -2.08. The highest BCUT2D eigenvalue weighted by Gasteiger charge is 2.06. The summed E-state index contributed by atoms with van der Waals surface area (Å²) >= 11 is 0. The Balaban J connectivity index is 2.05. The van der Waals surface area contributed by atoms with Crippen LogP contribution in [0.5, 0.6) is 5.75 Å². The van der Waals surface area contributed by atoms with E-state index in [1.165, 1.54) is 0 Å². The fourth-order valence-corrected chi connectivity index (χ4v) is 1.66. The molecule has 18 heavy (non-hydrogen) atoms. The minimum absolute atomic E-state index is 0.120. The zero-order valence-electron chi connectivity index (χ0n) is 10.6. The fourth-order valence-electron chi connectivity index (χ4n) is 1.66. The van der Waals surface area contributed by atoms with Crippen LogP contribution in [0.15, 0.2) is 24.5 Å². The average Bonchev–Trinajstić information content (AvgIpc) is 2.85.